The van der Waals surface area contributed by atoms with E-state index in [4.69, 9.17) is 4.74 Å². The van der Waals surface area contributed by atoms with E-state index in [0.717, 1.165) is 25.8 Å². The average Bonchev–Trinajstić information content (AvgIpc) is 2.96. The van der Waals surface area contributed by atoms with Crippen LogP contribution in [0.15, 0.2) is 0 Å². The van der Waals surface area contributed by atoms with Crippen molar-refractivity contribution in [3.05, 3.63) is 0 Å². The summed E-state index contributed by atoms with van der Waals surface area (Å²) in [5.41, 5.74) is 0. The van der Waals surface area contributed by atoms with Gasteiger partial charge in [0.25, 0.3) is 0 Å². The topological polar surface area (TPSA) is 58.6 Å². The summed E-state index contributed by atoms with van der Waals surface area (Å²) in [6.45, 7) is 3.35. The second-order valence-electron chi connectivity index (χ2n) is 6.02. The van der Waals surface area contributed by atoms with Crippen molar-refractivity contribution in [1.29, 1.82) is 0 Å². The van der Waals surface area contributed by atoms with Crippen molar-refractivity contribution >= 4 is 11.9 Å². The predicted octanol–water partition coefficient (Wildman–Crippen LogP) is 1.32. The number of esters is 1. The molecule has 2 rings (SSSR count). The normalized spacial score (nSPS) is 26.2. The van der Waals surface area contributed by atoms with E-state index in [1.807, 2.05) is 6.92 Å². The SMILES string of the molecule is COC(=O)C1CCN(C(C)C(=O)NC2CCCCC2)C1. The lowest BCUT2D eigenvalue weighted by Crippen LogP contribution is -2.48. The van der Waals surface area contributed by atoms with E-state index in [1.54, 1.807) is 0 Å². The number of amides is 1. The van der Waals surface area contributed by atoms with Crippen LogP contribution in [-0.2, 0) is 14.3 Å². The fraction of sp³-hybridized carbons (Fsp3) is 0.867. The Labute approximate surface area is 121 Å². The zero-order valence-electron chi connectivity index (χ0n) is 12.6. The molecule has 2 fully saturated rings. The first kappa shape index (κ1) is 15.3. The molecule has 5 heteroatoms. The molecule has 2 aliphatic rings. The third kappa shape index (κ3) is 3.72. The van der Waals surface area contributed by atoms with E-state index in [9.17, 15) is 9.59 Å². The lowest BCUT2D eigenvalue weighted by Gasteiger charge is -2.28. The molecule has 114 valence electrons. The van der Waals surface area contributed by atoms with Crippen LogP contribution in [0.25, 0.3) is 0 Å². The summed E-state index contributed by atoms with van der Waals surface area (Å²) in [4.78, 5) is 25.9. The van der Waals surface area contributed by atoms with Gasteiger partial charge in [0.15, 0.2) is 0 Å². The Morgan fingerprint density at radius 1 is 1.20 bits per heavy atom. The van der Waals surface area contributed by atoms with Crippen molar-refractivity contribution < 1.29 is 14.3 Å². The lowest BCUT2D eigenvalue weighted by molar-refractivity contribution is -0.145. The van der Waals surface area contributed by atoms with Crippen LogP contribution >= 0.6 is 0 Å². The molecule has 1 saturated carbocycles. The highest BCUT2D eigenvalue weighted by Crippen LogP contribution is 2.21. The van der Waals surface area contributed by atoms with Gasteiger partial charge in [0, 0.05) is 12.6 Å². The lowest BCUT2D eigenvalue weighted by atomic mass is 9.95. The molecule has 2 unspecified atom stereocenters. The van der Waals surface area contributed by atoms with Crippen molar-refractivity contribution in [2.75, 3.05) is 20.2 Å². The summed E-state index contributed by atoms with van der Waals surface area (Å²) >= 11 is 0. The molecular formula is C15H26N2O3. The molecule has 1 N–H and O–H groups in total. The number of carbonyl (C=O) groups excluding carboxylic acids is 2. The smallest absolute Gasteiger partial charge is 0.310 e. The van der Waals surface area contributed by atoms with Gasteiger partial charge < -0.3 is 10.1 Å². The summed E-state index contributed by atoms with van der Waals surface area (Å²) in [5.74, 6) is -0.139. The van der Waals surface area contributed by atoms with Crippen molar-refractivity contribution in [3.8, 4) is 0 Å². The number of ether oxygens (including phenoxy) is 1. The molecule has 0 aromatic heterocycles. The molecule has 1 aliphatic carbocycles. The van der Waals surface area contributed by atoms with Crippen LogP contribution in [0.2, 0.25) is 0 Å². The Morgan fingerprint density at radius 3 is 2.55 bits per heavy atom. The Balaban J connectivity index is 1.80. The standard InChI is InChI=1S/C15H26N2O3/c1-11(14(18)16-13-6-4-3-5-7-13)17-9-8-12(10-17)15(19)20-2/h11-13H,3-10H2,1-2H3,(H,16,18). The molecule has 0 aromatic carbocycles. The van der Waals surface area contributed by atoms with Gasteiger partial charge in [-0.2, -0.15) is 0 Å². The number of likely N-dealkylation sites (tertiary alicyclic amines) is 1. The predicted molar refractivity (Wildman–Crippen MR) is 76.2 cm³/mol. The van der Waals surface area contributed by atoms with Crippen LogP contribution in [0.1, 0.15) is 45.4 Å². The van der Waals surface area contributed by atoms with Gasteiger partial charge in [-0.25, -0.2) is 0 Å². The zero-order valence-corrected chi connectivity index (χ0v) is 12.6. The molecule has 0 aromatic rings. The van der Waals surface area contributed by atoms with E-state index in [-0.39, 0.29) is 23.8 Å². The summed E-state index contributed by atoms with van der Waals surface area (Å²) in [6.07, 6.45) is 6.70. The minimum atomic E-state index is -0.161. The maximum absolute atomic E-state index is 12.3. The molecule has 1 heterocycles. The van der Waals surface area contributed by atoms with Gasteiger partial charge in [-0.3, -0.25) is 14.5 Å². The third-order valence-corrected chi connectivity index (χ3v) is 4.63. The van der Waals surface area contributed by atoms with Gasteiger partial charge in [0.05, 0.1) is 19.1 Å². The highest BCUT2D eigenvalue weighted by molar-refractivity contribution is 5.82. The fourth-order valence-corrected chi connectivity index (χ4v) is 3.23. The third-order valence-electron chi connectivity index (χ3n) is 4.63. The number of nitrogens with one attached hydrogen (secondary N) is 1. The molecule has 0 radical (unpaired) electrons. The zero-order chi connectivity index (χ0) is 14.5. The molecule has 20 heavy (non-hydrogen) atoms. The van der Waals surface area contributed by atoms with Gasteiger partial charge >= 0.3 is 5.97 Å². The summed E-state index contributed by atoms with van der Waals surface area (Å²) in [5, 5.41) is 3.16. The second kappa shape index (κ2) is 7.07. The molecule has 1 aliphatic heterocycles. The van der Waals surface area contributed by atoms with Gasteiger partial charge in [-0.1, -0.05) is 19.3 Å². The number of carbonyl (C=O) groups is 2. The summed E-state index contributed by atoms with van der Waals surface area (Å²) in [7, 11) is 1.42. The van der Waals surface area contributed by atoms with Crippen molar-refractivity contribution in [2.45, 2.75) is 57.5 Å². The largest absolute Gasteiger partial charge is 0.469 e. The quantitative estimate of drug-likeness (QED) is 0.790. The second-order valence-corrected chi connectivity index (χ2v) is 6.02. The van der Waals surface area contributed by atoms with Gasteiger partial charge in [-0.15, -0.1) is 0 Å². The highest BCUT2D eigenvalue weighted by Gasteiger charge is 2.34. The van der Waals surface area contributed by atoms with Crippen molar-refractivity contribution in [1.82, 2.24) is 10.2 Å². The number of rotatable bonds is 4. The van der Waals surface area contributed by atoms with Crippen molar-refractivity contribution in [2.24, 2.45) is 5.92 Å². The van der Waals surface area contributed by atoms with E-state index in [2.05, 4.69) is 10.2 Å². The monoisotopic (exact) mass is 282 g/mol. The number of hydrogen-bond donors (Lipinski definition) is 1. The van der Waals surface area contributed by atoms with E-state index >= 15 is 0 Å². The average molecular weight is 282 g/mol. The van der Waals surface area contributed by atoms with Crippen LogP contribution in [0.5, 0.6) is 0 Å². The van der Waals surface area contributed by atoms with Crippen LogP contribution < -0.4 is 5.32 Å². The number of nitrogens with zero attached hydrogens (tertiary/aromatic N) is 1. The van der Waals surface area contributed by atoms with E-state index in [1.165, 1.54) is 26.4 Å². The molecule has 0 bridgehead atoms. The van der Waals surface area contributed by atoms with Crippen LogP contribution in [0.4, 0.5) is 0 Å². The fourth-order valence-electron chi connectivity index (χ4n) is 3.23. The summed E-state index contributed by atoms with van der Waals surface area (Å²) in [6, 6.07) is 0.185. The van der Waals surface area contributed by atoms with Gasteiger partial charge in [0.2, 0.25) is 5.91 Å². The van der Waals surface area contributed by atoms with Crippen LogP contribution in [0, 0.1) is 5.92 Å². The first-order valence-electron chi connectivity index (χ1n) is 7.74. The Bertz CT molecular complexity index is 353. The molecule has 2 atom stereocenters. The van der Waals surface area contributed by atoms with E-state index in [0.29, 0.717) is 12.6 Å². The Hall–Kier alpha value is -1.10. The number of hydrogen-bond acceptors (Lipinski definition) is 4. The molecule has 1 amide bonds. The Kier molecular flexibility index (Phi) is 5.40. The molecule has 1 saturated heterocycles. The molecular weight excluding hydrogens is 256 g/mol. The highest BCUT2D eigenvalue weighted by atomic mass is 16.5. The van der Waals surface area contributed by atoms with Gasteiger partial charge in [-0.05, 0) is 32.7 Å². The minimum absolute atomic E-state index is 0.0788. The first-order valence-corrected chi connectivity index (χ1v) is 7.74. The maximum atomic E-state index is 12.3. The van der Waals surface area contributed by atoms with Gasteiger partial charge in [0.1, 0.15) is 0 Å². The van der Waals surface area contributed by atoms with Crippen LogP contribution in [-0.4, -0.2) is 49.1 Å². The van der Waals surface area contributed by atoms with Crippen molar-refractivity contribution in [3.63, 3.8) is 0 Å². The molecule has 0 spiro atoms. The van der Waals surface area contributed by atoms with E-state index < -0.39 is 0 Å². The first-order chi connectivity index (χ1) is 9.61. The Morgan fingerprint density at radius 2 is 1.90 bits per heavy atom. The minimum Gasteiger partial charge on any atom is -0.469 e. The summed E-state index contributed by atoms with van der Waals surface area (Å²) < 4.78 is 4.78. The maximum Gasteiger partial charge on any atom is 0.310 e. The number of methoxy groups -OCH3 is 1. The van der Waals surface area contributed by atoms with Crippen LogP contribution in [0.3, 0.4) is 0 Å². The molecule has 5 nitrogen and oxygen atoms in total.